The quantitative estimate of drug-likeness (QED) is 0.121. The number of aryl methyl sites for hydroxylation is 1. The number of nitrogen functional groups attached to an aromatic ring is 1. The van der Waals surface area contributed by atoms with E-state index in [2.05, 4.69) is 30.4 Å². The number of nitrogens with one attached hydrogen (secondary N) is 2. The second-order valence-corrected chi connectivity index (χ2v) is 10.2. The van der Waals surface area contributed by atoms with Crippen molar-refractivity contribution in [2.24, 2.45) is 5.73 Å². The molecule has 15 heteroatoms. The van der Waals surface area contributed by atoms with Gasteiger partial charge in [-0.3, -0.25) is 14.4 Å². The van der Waals surface area contributed by atoms with Gasteiger partial charge in [-0.05, 0) is 47.2 Å². The van der Waals surface area contributed by atoms with Crippen LogP contribution in [0.4, 0.5) is 11.4 Å². The molecule has 238 valence electrons. The van der Waals surface area contributed by atoms with Gasteiger partial charge in [0.15, 0.2) is 5.69 Å². The average molecular weight is 629 g/mol. The summed E-state index contributed by atoms with van der Waals surface area (Å²) < 4.78 is 5.68. The SMILES string of the molecule is C.COC(=O)c1ccc2c(c1)CC[C@@H]2N.Nc1c(NCc2cccc(CNC(=O)c3cc(C(=O)O)n4ncnc4n3)c2)c(=O)c1=O. The number of benzene rings is 2. The molecule has 2 heterocycles. The summed E-state index contributed by atoms with van der Waals surface area (Å²) in [6.45, 7) is 0.417. The number of fused-ring (bicyclic) bond motifs is 2. The lowest BCUT2D eigenvalue weighted by Crippen LogP contribution is -2.36. The van der Waals surface area contributed by atoms with E-state index < -0.39 is 22.7 Å². The minimum Gasteiger partial charge on any atom is -0.477 e. The van der Waals surface area contributed by atoms with E-state index in [0.717, 1.165) is 46.4 Å². The highest BCUT2D eigenvalue weighted by Gasteiger charge is 2.21. The Hall–Kier alpha value is -5.96. The first-order valence-corrected chi connectivity index (χ1v) is 13.7. The third-order valence-electron chi connectivity index (χ3n) is 7.25. The number of esters is 1. The van der Waals surface area contributed by atoms with E-state index in [1.807, 2.05) is 12.1 Å². The fourth-order valence-corrected chi connectivity index (χ4v) is 4.87. The van der Waals surface area contributed by atoms with Crippen LogP contribution in [0.15, 0.2) is 64.4 Å². The first kappa shape index (κ1) is 32.9. The summed E-state index contributed by atoms with van der Waals surface area (Å²) in [4.78, 5) is 65.6. The zero-order chi connectivity index (χ0) is 32.2. The molecule has 1 aliphatic carbocycles. The van der Waals surface area contributed by atoms with Gasteiger partial charge in [-0.1, -0.05) is 37.8 Å². The van der Waals surface area contributed by atoms with Crippen molar-refractivity contribution < 1.29 is 24.2 Å². The Kier molecular flexibility index (Phi) is 9.87. The number of anilines is 2. The van der Waals surface area contributed by atoms with Gasteiger partial charge in [-0.15, -0.1) is 0 Å². The summed E-state index contributed by atoms with van der Waals surface area (Å²) in [6.07, 6.45) is 3.08. The van der Waals surface area contributed by atoms with Gasteiger partial charge in [-0.25, -0.2) is 14.6 Å². The van der Waals surface area contributed by atoms with Crippen molar-refractivity contribution in [1.82, 2.24) is 24.9 Å². The maximum Gasteiger partial charge on any atom is 0.354 e. The Balaban J connectivity index is 0.000000268. The van der Waals surface area contributed by atoms with Gasteiger partial charge in [0.2, 0.25) is 0 Å². The third-order valence-corrected chi connectivity index (χ3v) is 7.25. The number of carboxylic acid groups (broad SMARTS) is 1. The smallest absolute Gasteiger partial charge is 0.354 e. The first-order valence-electron chi connectivity index (χ1n) is 13.7. The number of rotatable bonds is 8. The van der Waals surface area contributed by atoms with Gasteiger partial charge in [0, 0.05) is 25.2 Å². The van der Waals surface area contributed by atoms with Crippen molar-refractivity contribution in [2.75, 3.05) is 18.2 Å². The van der Waals surface area contributed by atoms with E-state index in [4.69, 9.17) is 11.5 Å². The number of aromatic carboxylic acids is 1. The molecule has 15 nitrogen and oxygen atoms in total. The Morgan fingerprint density at radius 1 is 1.07 bits per heavy atom. The van der Waals surface area contributed by atoms with Crippen LogP contribution in [0.2, 0.25) is 0 Å². The molecule has 0 spiro atoms. The van der Waals surface area contributed by atoms with Crippen molar-refractivity contribution in [2.45, 2.75) is 39.4 Å². The molecule has 3 aromatic carbocycles. The van der Waals surface area contributed by atoms with Crippen LogP contribution in [-0.4, -0.2) is 49.6 Å². The molecule has 46 heavy (non-hydrogen) atoms. The van der Waals surface area contributed by atoms with Crippen molar-refractivity contribution in [1.29, 1.82) is 0 Å². The topological polar surface area (TPSA) is 234 Å². The monoisotopic (exact) mass is 628 g/mol. The van der Waals surface area contributed by atoms with Gasteiger partial charge in [0.1, 0.15) is 23.4 Å². The Bertz CT molecular complexity index is 2010. The normalized spacial score (nSPS) is 13.2. The number of carbonyl (C=O) groups excluding carboxylic acids is 2. The van der Waals surface area contributed by atoms with E-state index >= 15 is 0 Å². The molecule has 1 amide bonds. The molecule has 1 atom stereocenters. The Morgan fingerprint density at radius 2 is 1.80 bits per heavy atom. The second-order valence-electron chi connectivity index (χ2n) is 10.2. The van der Waals surface area contributed by atoms with E-state index in [-0.39, 0.29) is 61.1 Å². The third kappa shape index (κ3) is 6.73. The number of nitrogens with two attached hydrogens (primary N) is 2. The maximum atomic E-state index is 12.5. The molecule has 0 saturated carbocycles. The summed E-state index contributed by atoms with van der Waals surface area (Å²) in [5, 5.41) is 18.6. The molecule has 0 bridgehead atoms. The number of carboxylic acids is 1. The number of hydrogen-bond donors (Lipinski definition) is 5. The molecule has 0 unspecified atom stereocenters. The van der Waals surface area contributed by atoms with Gasteiger partial charge in [0.05, 0.1) is 12.7 Å². The van der Waals surface area contributed by atoms with Gasteiger partial charge >= 0.3 is 11.9 Å². The molecule has 7 N–H and O–H groups in total. The fraction of sp³-hybridized carbons (Fsp3) is 0.226. The Morgan fingerprint density at radius 3 is 2.50 bits per heavy atom. The highest BCUT2D eigenvalue weighted by atomic mass is 16.5. The number of aromatic nitrogens is 4. The Labute approximate surface area is 261 Å². The number of amides is 1. The summed E-state index contributed by atoms with van der Waals surface area (Å²) in [5.41, 5.74) is 14.2. The molecule has 6 rings (SSSR count). The fourth-order valence-electron chi connectivity index (χ4n) is 4.87. The van der Waals surface area contributed by atoms with E-state index in [9.17, 15) is 29.1 Å². The van der Waals surface area contributed by atoms with Crippen LogP contribution in [0.5, 0.6) is 0 Å². The van der Waals surface area contributed by atoms with Crippen molar-refractivity contribution in [3.63, 3.8) is 0 Å². The standard InChI is InChI=1S/C19H15N7O5.C11H13NO2.CH4/c20-13-14(16(28)15(13)27)21-6-9-2-1-3-10(4-9)7-22-17(29)11-5-12(18(30)31)26-19(25-11)23-8-24-26;1-14-11(13)8-2-4-9-7(6-8)3-5-10(9)12;/h1-5,8,21H,6-7,20H2,(H,22,29)(H,30,31);2,4,6,10H,3,5,12H2,1H3;1H4/t;10-;/m.0./s1. The van der Waals surface area contributed by atoms with Crippen molar-refractivity contribution >= 4 is 35.0 Å². The summed E-state index contributed by atoms with van der Waals surface area (Å²) in [6, 6.07) is 14.0. The highest BCUT2D eigenvalue weighted by Crippen LogP contribution is 2.29. The second kappa shape index (κ2) is 13.8. The lowest BCUT2D eigenvalue weighted by molar-refractivity contribution is 0.0599. The lowest BCUT2D eigenvalue weighted by Gasteiger charge is -2.11. The number of carbonyl (C=O) groups is 3. The van der Waals surface area contributed by atoms with Gasteiger partial charge in [-0.2, -0.15) is 14.6 Å². The van der Waals surface area contributed by atoms with Crippen LogP contribution in [0.25, 0.3) is 5.78 Å². The van der Waals surface area contributed by atoms with E-state index in [0.29, 0.717) is 5.56 Å². The molecular formula is C31H32N8O7. The molecule has 0 aliphatic heterocycles. The summed E-state index contributed by atoms with van der Waals surface area (Å²) in [5.74, 6) is -2.13. The molecule has 2 aromatic heterocycles. The van der Waals surface area contributed by atoms with E-state index in [1.165, 1.54) is 12.7 Å². The first-order chi connectivity index (χ1) is 21.6. The molecule has 0 radical (unpaired) electrons. The predicted octanol–water partition coefficient (Wildman–Crippen LogP) is 1.60. The van der Waals surface area contributed by atoms with Crippen LogP contribution in [0, 0.1) is 0 Å². The molecule has 0 saturated heterocycles. The average Bonchev–Trinajstić information content (AvgIpc) is 3.69. The van der Waals surface area contributed by atoms with Crippen molar-refractivity contribution in [3.8, 4) is 0 Å². The number of methoxy groups -OCH3 is 1. The molecular weight excluding hydrogens is 596 g/mol. The van der Waals surface area contributed by atoms with Crippen LogP contribution in [0.1, 0.15) is 73.5 Å². The molecule has 0 fully saturated rings. The van der Waals surface area contributed by atoms with Crippen LogP contribution in [0.3, 0.4) is 0 Å². The number of ether oxygens (including phenoxy) is 1. The zero-order valence-corrected chi connectivity index (χ0v) is 23.9. The predicted molar refractivity (Wildman–Crippen MR) is 168 cm³/mol. The summed E-state index contributed by atoms with van der Waals surface area (Å²) in [7, 11) is 1.39. The van der Waals surface area contributed by atoms with Gasteiger partial charge < -0.3 is 31.9 Å². The van der Waals surface area contributed by atoms with Crippen molar-refractivity contribution in [3.05, 3.63) is 115 Å². The van der Waals surface area contributed by atoms with Crippen LogP contribution in [-0.2, 0) is 24.2 Å². The molecule has 5 aromatic rings. The largest absolute Gasteiger partial charge is 0.477 e. The summed E-state index contributed by atoms with van der Waals surface area (Å²) >= 11 is 0. The number of nitrogens with zero attached hydrogens (tertiary/aromatic N) is 4. The number of hydrogen-bond acceptors (Lipinski definition) is 12. The van der Waals surface area contributed by atoms with Gasteiger partial charge in [0.25, 0.3) is 22.5 Å². The minimum atomic E-state index is -1.27. The van der Waals surface area contributed by atoms with E-state index in [1.54, 1.807) is 30.3 Å². The zero-order valence-electron chi connectivity index (χ0n) is 23.9. The van der Waals surface area contributed by atoms with Crippen LogP contribution < -0.4 is 33.0 Å². The molecule has 1 aliphatic rings. The van der Waals surface area contributed by atoms with Crippen LogP contribution >= 0.6 is 0 Å². The highest BCUT2D eigenvalue weighted by molar-refractivity contribution is 5.95. The minimum absolute atomic E-state index is 0. The lowest BCUT2D eigenvalue weighted by atomic mass is 10.1. The maximum absolute atomic E-state index is 12.5.